The number of rotatable bonds is 7. The van der Waals surface area contributed by atoms with Crippen LogP contribution in [-0.4, -0.2) is 54.5 Å². The number of nitrogens with zero attached hydrogens (tertiary/aromatic N) is 1. The highest BCUT2D eigenvalue weighted by molar-refractivity contribution is 7.92. The molecule has 2 aliphatic heterocycles. The van der Waals surface area contributed by atoms with E-state index >= 15 is 0 Å². The molecule has 0 amide bonds. The third kappa shape index (κ3) is 3.82. The Kier molecular flexibility index (Phi) is 5.75. The topological polar surface area (TPSA) is 76.1 Å². The maximum absolute atomic E-state index is 13.4. The van der Waals surface area contributed by atoms with Crippen molar-refractivity contribution in [2.24, 2.45) is 0 Å². The van der Waals surface area contributed by atoms with Crippen LogP contribution in [0.15, 0.2) is 35.2 Å². The molecule has 26 heavy (non-hydrogen) atoms. The lowest BCUT2D eigenvalue weighted by molar-refractivity contribution is -0.197. The van der Waals surface area contributed by atoms with Gasteiger partial charge in [0, 0.05) is 0 Å². The molecule has 1 aromatic carbocycles. The van der Waals surface area contributed by atoms with Gasteiger partial charge in [0.05, 0.1) is 22.7 Å². The van der Waals surface area contributed by atoms with Crippen molar-refractivity contribution in [3.05, 3.63) is 30.3 Å². The van der Waals surface area contributed by atoms with E-state index in [2.05, 4.69) is 6.92 Å². The summed E-state index contributed by atoms with van der Waals surface area (Å²) in [4.78, 5) is 0.288. The molecular weight excluding hydrogens is 354 g/mol. The van der Waals surface area contributed by atoms with Gasteiger partial charge in [-0.25, -0.2) is 8.42 Å². The summed E-state index contributed by atoms with van der Waals surface area (Å²) in [6.45, 7) is 5.98. The molecule has 2 heterocycles. The van der Waals surface area contributed by atoms with Gasteiger partial charge in [-0.15, -0.1) is 0 Å². The van der Waals surface area contributed by atoms with Crippen LogP contribution in [0.1, 0.15) is 46.5 Å². The Labute approximate surface area is 156 Å². The quantitative estimate of drug-likeness (QED) is 0.730. The largest absolute Gasteiger partial charge is 0.343 e. The van der Waals surface area contributed by atoms with Gasteiger partial charge in [0.2, 0.25) is 0 Å². The minimum atomic E-state index is -3.61. The molecule has 0 spiro atoms. The van der Waals surface area contributed by atoms with E-state index in [0.717, 1.165) is 24.3 Å². The van der Waals surface area contributed by atoms with Gasteiger partial charge in [-0.3, -0.25) is 0 Å². The highest BCUT2D eigenvalue weighted by Crippen LogP contribution is 2.40. The minimum Gasteiger partial charge on any atom is -0.343 e. The second-order valence-corrected chi connectivity index (χ2v) is 9.81. The third-order valence-corrected chi connectivity index (χ3v) is 7.45. The molecule has 0 bridgehead atoms. The Bertz CT molecular complexity index is 706. The lowest BCUT2D eigenvalue weighted by Gasteiger charge is -2.32. The Morgan fingerprint density at radius 3 is 2.58 bits per heavy atom. The van der Waals surface area contributed by atoms with E-state index in [1.54, 1.807) is 30.3 Å². The summed E-state index contributed by atoms with van der Waals surface area (Å²) in [6.07, 6.45) is 2.46. The molecule has 2 aliphatic rings. The molecule has 3 rings (SSSR count). The molecule has 2 saturated heterocycles. The molecule has 0 saturated carbocycles. The standard InChI is InChI=1S/C19H29NO5S/c1-4-5-7-12-16(26(22,23)14-10-8-6-9-11-14)17-18-15(13-20(17)21)24-19(2,3)25-18/h6,8-11,15-18,21H,4-5,7,12-13H2,1-3H3/t15-,16-,17+,18-/m1/s1. The third-order valence-electron chi connectivity index (χ3n) is 5.21. The SMILES string of the molecule is CCCCC[C@H]([C@H]1[C@@H]2OC(C)(C)O[C@@H]2CN1O)S(=O)(=O)c1ccccc1. The fourth-order valence-corrected chi connectivity index (χ4v) is 6.09. The number of ether oxygens (including phenoxy) is 2. The zero-order valence-corrected chi connectivity index (χ0v) is 16.5. The van der Waals surface area contributed by atoms with E-state index in [1.807, 2.05) is 13.8 Å². The molecule has 2 fully saturated rings. The van der Waals surface area contributed by atoms with Crippen molar-refractivity contribution in [1.29, 1.82) is 0 Å². The maximum atomic E-state index is 13.4. The summed E-state index contributed by atoms with van der Waals surface area (Å²) >= 11 is 0. The number of fused-ring (bicyclic) bond motifs is 1. The predicted molar refractivity (Wildman–Crippen MR) is 97.7 cm³/mol. The molecule has 146 valence electrons. The first-order valence-electron chi connectivity index (χ1n) is 9.36. The van der Waals surface area contributed by atoms with E-state index in [-0.39, 0.29) is 17.5 Å². The molecule has 6 nitrogen and oxygen atoms in total. The first-order chi connectivity index (χ1) is 12.3. The van der Waals surface area contributed by atoms with Gasteiger partial charge in [-0.2, -0.15) is 5.06 Å². The molecular formula is C19H29NO5S. The summed E-state index contributed by atoms with van der Waals surface area (Å²) in [5.74, 6) is -0.765. The van der Waals surface area contributed by atoms with Crippen molar-refractivity contribution in [2.75, 3.05) is 6.54 Å². The van der Waals surface area contributed by atoms with Gasteiger partial charge < -0.3 is 14.7 Å². The van der Waals surface area contributed by atoms with Crippen LogP contribution in [-0.2, 0) is 19.3 Å². The fraction of sp³-hybridized carbons (Fsp3) is 0.684. The second kappa shape index (κ2) is 7.56. The van der Waals surface area contributed by atoms with Crippen molar-refractivity contribution < 1.29 is 23.1 Å². The summed E-state index contributed by atoms with van der Waals surface area (Å²) in [7, 11) is -3.61. The number of hydrogen-bond acceptors (Lipinski definition) is 6. The number of unbranched alkanes of at least 4 members (excludes halogenated alkanes) is 2. The van der Waals surface area contributed by atoms with Crippen LogP contribution in [0, 0.1) is 0 Å². The second-order valence-electron chi connectivity index (χ2n) is 7.64. The monoisotopic (exact) mass is 383 g/mol. The van der Waals surface area contributed by atoms with Crippen LogP contribution < -0.4 is 0 Å². The van der Waals surface area contributed by atoms with Crippen LogP contribution in [0.5, 0.6) is 0 Å². The average Bonchev–Trinajstić information content (AvgIpc) is 3.03. The Hall–Kier alpha value is -0.990. The first-order valence-corrected chi connectivity index (χ1v) is 10.9. The number of hydrogen-bond donors (Lipinski definition) is 1. The number of sulfone groups is 1. The molecule has 0 radical (unpaired) electrons. The van der Waals surface area contributed by atoms with Crippen molar-refractivity contribution in [3.63, 3.8) is 0 Å². The molecule has 0 aromatic heterocycles. The minimum absolute atomic E-state index is 0.257. The number of benzene rings is 1. The maximum Gasteiger partial charge on any atom is 0.182 e. The van der Waals surface area contributed by atoms with Gasteiger partial charge >= 0.3 is 0 Å². The zero-order chi connectivity index (χ0) is 18.9. The highest BCUT2D eigenvalue weighted by Gasteiger charge is 2.57. The predicted octanol–water partition coefficient (Wildman–Crippen LogP) is 3.00. The average molecular weight is 384 g/mol. The lowest BCUT2D eigenvalue weighted by atomic mass is 10.0. The summed E-state index contributed by atoms with van der Waals surface area (Å²) in [5, 5.41) is 10.9. The van der Waals surface area contributed by atoms with Gasteiger partial charge in [0.15, 0.2) is 15.6 Å². The van der Waals surface area contributed by atoms with E-state index in [9.17, 15) is 13.6 Å². The van der Waals surface area contributed by atoms with Crippen LogP contribution in [0.4, 0.5) is 0 Å². The molecule has 1 N–H and O–H groups in total. The van der Waals surface area contributed by atoms with Gasteiger partial charge in [0.1, 0.15) is 12.2 Å². The fourth-order valence-electron chi connectivity index (χ4n) is 4.06. The van der Waals surface area contributed by atoms with Gasteiger partial charge in [-0.1, -0.05) is 44.4 Å². The van der Waals surface area contributed by atoms with E-state index < -0.39 is 33.0 Å². The Balaban J connectivity index is 1.93. The van der Waals surface area contributed by atoms with Gasteiger partial charge in [-0.05, 0) is 32.4 Å². The van der Waals surface area contributed by atoms with Crippen LogP contribution in [0.25, 0.3) is 0 Å². The molecule has 4 atom stereocenters. The van der Waals surface area contributed by atoms with Crippen molar-refractivity contribution in [3.8, 4) is 0 Å². The smallest absolute Gasteiger partial charge is 0.182 e. The molecule has 1 aromatic rings. The highest BCUT2D eigenvalue weighted by atomic mass is 32.2. The first kappa shape index (κ1) is 19.8. The van der Waals surface area contributed by atoms with Crippen molar-refractivity contribution in [1.82, 2.24) is 5.06 Å². The van der Waals surface area contributed by atoms with Crippen LogP contribution >= 0.6 is 0 Å². The molecule has 0 unspecified atom stereocenters. The summed E-state index contributed by atoms with van der Waals surface area (Å²) in [5.41, 5.74) is 0. The number of hydroxylamine groups is 2. The van der Waals surface area contributed by atoms with Crippen molar-refractivity contribution >= 4 is 9.84 Å². The Morgan fingerprint density at radius 2 is 1.92 bits per heavy atom. The molecule has 0 aliphatic carbocycles. The van der Waals surface area contributed by atoms with Gasteiger partial charge in [0.25, 0.3) is 0 Å². The summed E-state index contributed by atoms with van der Waals surface area (Å²) < 4.78 is 38.6. The van der Waals surface area contributed by atoms with E-state index in [0.29, 0.717) is 6.42 Å². The molecule has 7 heteroatoms. The van der Waals surface area contributed by atoms with Crippen LogP contribution in [0.3, 0.4) is 0 Å². The normalized spacial score (nSPS) is 29.6. The van der Waals surface area contributed by atoms with Crippen molar-refractivity contribution in [2.45, 2.75) is 80.6 Å². The Morgan fingerprint density at radius 1 is 1.23 bits per heavy atom. The van der Waals surface area contributed by atoms with Crippen LogP contribution in [0.2, 0.25) is 0 Å². The lowest BCUT2D eigenvalue weighted by Crippen LogP contribution is -2.48. The zero-order valence-electron chi connectivity index (χ0n) is 15.7. The summed E-state index contributed by atoms with van der Waals surface area (Å²) in [6, 6.07) is 7.85. The van der Waals surface area contributed by atoms with E-state index in [1.165, 1.54) is 0 Å². The van der Waals surface area contributed by atoms with E-state index in [4.69, 9.17) is 9.47 Å².